The van der Waals surface area contributed by atoms with Crippen LogP contribution in [0.15, 0.2) is 24.3 Å². The number of hydrogen-bond donors (Lipinski definition) is 0. The SMILES string of the molecule is CCOC(=O)C(F)(F)c1ccc(C(C)CC)cc1. The van der Waals surface area contributed by atoms with E-state index < -0.39 is 11.9 Å². The highest BCUT2D eigenvalue weighted by Gasteiger charge is 2.42. The smallest absolute Gasteiger partial charge is 0.381 e. The van der Waals surface area contributed by atoms with Gasteiger partial charge in [-0.1, -0.05) is 38.1 Å². The lowest BCUT2D eigenvalue weighted by Crippen LogP contribution is -2.28. The van der Waals surface area contributed by atoms with Crippen molar-refractivity contribution in [3.63, 3.8) is 0 Å². The van der Waals surface area contributed by atoms with Crippen LogP contribution in [-0.4, -0.2) is 12.6 Å². The third-order valence-corrected chi connectivity index (χ3v) is 2.99. The zero-order chi connectivity index (χ0) is 13.8. The van der Waals surface area contributed by atoms with E-state index >= 15 is 0 Å². The summed E-state index contributed by atoms with van der Waals surface area (Å²) in [6.45, 7) is 5.50. The van der Waals surface area contributed by atoms with Crippen LogP contribution in [-0.2, 0) is 15.5 Å². The lowest BCUT2D eigenvalue weighted by Gasteiger charge is -2.16. The second-order valence-corrected chi connectivity index (χ2v) is 4.23. The molecule has 0 bridgehead atoms. The van der Waals surface area contributed by atoms with E-state index in [4.69, 9.17) is 0 Å². The summed E-state index contributed by atoms with van der Waals surface area (Å²) >= 11 is 0. The van der Waals surface area contributed by atoms with Gasteiger partial charge in [-0.3, -0.25) is 0 Å². The Hall–Kier alpha value is -1.45. The van der Waals surface area contributed by atoms with E-state index in [1.807, 2.05) is 13.8 Å². The third kappa shape index (κ3) is 3.06. The maximum Gasteiger partial charge on any atom is 0.381 e. The number of hydrogen-bond acceptors (Lipinski definition) is 2. The van der Waals surface area contributed by atoms with Crippen molar-refractivity contribution in [1.82, 2.24) is 0 Å². The van der Waals surface area contributed by atoms with Gasteiger partial charge in [0.05, 0.1) is 6.61 Å². The molecule has 100 valence electrons. The topological polar surface area (TPSA) is 26.3 Å². The molecule has 0 aromatic heterocycles. The number of alkyl halides is 2. The van der Waals surface area contributed by atoms with Crippen LogP contribution in [0.5, 0.6) is 0 Å². The van der Waals surface area contributed by atoms with Crippen LogP contribution in [0.3, 0.4) is 0 Å². The van der Waals surface area contributed by atoms with E-state index in [9.17, 15) is 13.6 Å². The van der Waals surface area contributed by atoms with Gasteiger partial charge in [-0.2, -0.15) is 8.78 Å². The largest absolute Gasteiger partial charge is 0.461 e. The van der Waals surface area contributed by atoms with Crippen molar-refractivity contribution in [3.8, 4) is 0 Å². The molecule has 0 radical (unpaired) electrons. The number of rotatable bonds is 5. The quantitative estimate of drug-likeness (QED) is 0.748. The Morgan fingerprint density at radius 3 is 2.28 bits per heavy atom. The third-order valence-electron chi connectivity index (χ3n) is 2.99. The van der Waals surface area contributed by atoms with E-state index in [2.05, 4.69) is 4.74 Å². The second kappa shape index (κ2) is 5.94. The Kier molecular flexibility index (Phi) is 4.82. The van der Waals surface area contributed by atoms with E-state index in [0.29, 0.717) is 5.92 Å². The minimum Gasteiger partial charge on any atom is -0.461 e. The van der Waals surface area contributed by atoms with Crippen LogP contribution in [0.1, 0.15) is 44.2 Å². The molecule has 0 amide bonds. The normalized spacial score (nSPS) is 13.2. The minimum atomic E-state index is -3.58. The number of halogens is 2. The van der Waals surface area contributed by atoms with Gasteiger partial charge in [0, 0.05) is 5.56 Å². The Labute approximate surface area is 106 Å². The number of esters is 1. The highest BCUT2D eigenvalue weighted by molar-refractivity contribution is 5.79. The fourth-order valence-electron chi connectivity index (χ4n) is 1.60. The first-order valence-electron chi connectivity index (χ1n) is 6.08. The van der Waals surface area contributed by atoms with Crippen molar-refractivity contribution in [2.75, 3.05) is 6.61 Å². The molecule has 0 saturated carbocycles. The van der Waals surface area contributed by atoms with Crippen LogP contribution in [0, 0.1) is 0 Å². The highest BCUT2D eigenvalue weighted by Crippen LogP contribution is 2.30. The molecule has 0 aliphatic carbocycles. The van der Waals surface area contributed by atoms with Gasteiger partial charge in [-0.15, -0.1) is 0 Å². The zero-order valence-electron chi connectivity index (χ0n) is 10.9. The highest BCUT2D eigenvalue weighted by atomic mass is 19.3. The molecular formula is C14H18F2O2. The van der Waals surface area contributed by atoms with E-state index in [-0.39, 0.29) is 12.2 Å². The van der Waals surface area contributed by atoms with Crippen molar-refractivity contribution in [2.45, 2.75) is 39.0 Å². The molecule has 1 unspecified atom stereocenters. The fourth-order valence-corrected chi connectivity index (χ4v) is 1.60. The minimum absolute atomic E-state index is 0.0562. The zero-order valence-corrected chi connectivity index (χ0v) is 10.9. The molecule has 1 aromatic carbocycles. The summed E-state index contributed by atoms with van der Waals surface area (Å²) in [6.07, 6.45) is 0.938. The van der Waals surface area contributed by atoms with E-state index in [1.54, 1.807) is 12.1 Å². The molecule has 1 rings (SSSR count). The molecule has 4 heteroatoms. The molecule has 0 heterocycles. The van der Waals surface area contributed by atoms with Crippen molar-refractivity contribution in [2.24, 2.45) is 0 Å². The monoisotopic (exact) mass is 256 g/mol. The van der Waals surface area contributed by atoms with Gasteiger partial charge in [0.2, 0.25) is 0 Å². The molecule has 1 atom stereocenters. The molecule has 2 nitrogen and oxygen atoms in total. The van der Waals surface area contributed by atoms with Crippen LogP contribution in [0.25, 0.3) is 0 Å². The van der Waals surface area contributed by atoms with Crippen LogP contribution in [0.4, 0.5) is 8.78 Å². The first-order chi connectivity index (χ1) is 8.43. The van der Waals surface area contributed by atoms with Crippen molar-refractivity contribution in [3.05, 3.63) is 35.4 Å². The van der Waals surface area contributed by atoms with Crippen LogP contribution >= 0.6 is 0 Å². The summed E-state index contributed by atoms with van der Waals surface area (Å²) < 4.78 is 31.7. The first kappa shape index (κ1) is 14.6. The average Bonchev–Trinajstić information content (AvgIpc) is 2.38. The summed E-state index contributed by atoms with van der Waals surface area (Å²) in [5.41, 5.74) is 0.661. The molecule has 18 heavy (non-hydrogen) atoms. The van der Waals surface area contributed by atoms with E-state index in [0.717, 1.165) is 12.0 Å². The van der Waals surface area contributed by atoms with Crippen LogP contribution < -0.4 is 0 Å². The van der Waals surface area contributed by atoms with Gasteiger partial charge in [0.1, 0.15) is 0 Å². The summed E-state index contributed by atoms with van der Waals surface area (Å²) in [7, 11) is 0. The molecule has 0 saturated heterocycles. The molecule has 0 fully saturated rings. The maximum atomic E-state index is 13.7. The van der Waals surface area contributed by atoms with Crippen LogP contribution in [0.2, 0.25) is 0 Å². The van der Waals surface area contributed by atoms with Gasteiger partial charge in [-0.25, -0.2) is 4.79 Å². The number of carbonyl (C=O) groups is 1. The van der Waals surface area contributed by atoms with Gasteiger partial charge in [-0.05, 0) is 24.8 Å². The predicted octanol–water partition coefficient (Wildman–Crippen LogP) is 3.86. The van der Waals surface area contributed by atoms with Gasteiger partial charge < -0.3 is 4.74 Å². The first-order valence-corrected chi connectivity index (χ1v) is 6.08. The van der Waals surface area contributed by atoms with Crippen molar-refractivity contribution in [1.29, 1.82) is 0 Å². The molecular weight excluding hydrogens is 238 g/mol. The second-order valence-electron chi connectivity index (χ2n) is 4.23. The predicted molar refractivity (Wildman–Crippen MR) is 65.7 cm³/mol. The summed E-state index contributed by atoms with van der Waals surface area (Å²) in [4.78, 5) is 11.2. The molecule has 1 aromatic rings. The molecule has 0 spiro atoms. The van der Waals surface area contributed by atoms with Gasteiger partial charge in [0.15, 0.2) is 0 Å². The van der Waals surface area contributed by atoms with Gasteiger partial charge >= 0.3 is 11.9 Å². The number of ether oxygens (including phenoxy) is 1. The van der Waals surface area contributed by atoms with Gasteiger partial charge in [0.25, 0.3) is 0 Å². The van der Waals surface area contributed by atoms with E-state index in [1.165, 1.54) is 19.1 Å². The summed E-state index contributed by atoms with van der Waals surface area (Å²) in [5, 5.41) is 0. The fraction of sp³-hybridized carbons (Fsp3) is 0.500. The van der Waals surface area contributed by atoms with Crippen molar-refractivity contribution >= 4 is 5.97 Å². The maximum absolute atomic E-state index is 13.7. The average molecular weight is 256 g/mol. The van der Waals surface area contributed by atoms with Crippen molar-refractivity contribution < 1.29 is 18.3 Å². The Bertz CT molecular complexity index is 399. The summed E-state index contributed by atoms with van der Waals surface area (Å²) in [6, 6.07) is 5.85. The lowest BCUT2D eigenvalue weighted by molar-refractivity contribution is -0.173. The Morgan fingerprint density at radius 2 is 1.83 bits per heavy atom. The number of benzene rings is 1. The molecule has 0 aliphatic heterocycles. The summed E-state index contributed by atoms with van der Waals surface area (Å²) in [5.74, 6) is -4.76. The number of carbonyl (C=O) groups excluding carboxylic acids is 1. The lowest BCUT2D eigenvalue weighted by atomic mass is 9.96. The standard InChI is InChI=1S/C14H18F2O2/c1-4-10(3)11-6-8-12(9-7-11)14(15,16)13(17)18-5-2/h6-10H,4-5H2,1-3H3. The molecule has 0 aliphatic rings. The Morgan fingerprint density at radius 1 is 1.28 bits per heavy atom. The Balaban J connectivity index is 2.93. The molecule has 0 N–H and O–H groups in total.